The van der Waals surface area contributed by atoms with Gasteiger partial charge in [-0.1, -0.05) is 12.1 Å². The van der Waals surface area contributed by atoms with E-state index < -0.39 is 17.6 Å². The van der Waals surface area contributed by atoms with Crippen LogP contribution >= 0.6 is 0 Å². The molecule has 8 heteroatoms. The summed E-state index contributed by atoms with van der Waals surface area (Å²) in [7, 11) is 0. The lowest BCUT2D eigenvalue weighted by Gasteiger charge is -2.13. The van der Waals surface area contributed by atoms with E-state index in [4.69, 9.17) is 5.73 Å². The zero-order chi connectivity index (χ0) is 20.2. The Balaban J connectivity index is 2.17. The highest BCUT2D eigenvalue weighted by molar-refractivity contribution is 6.05. The van der Waals surface area contributed by atoms with E-state index in [1.807, 2.05) is 0 Å². The predicted molar refractivity (Wildman–Crippen MR) is 97.5 cm³/mol. The van der Waals surface area contributed by atoms with Crippen LogP contribution in [0, 0.1) is 6.92 Å². The Kier molecular flexibility index (Phi) is 6.22. The van der Waals surface area contributed by atoms with Crippen LogP contribution in [-0.2, 0) is 11.0 Å². The fourth-order valence-electron chi connectivity index (χ4n) is 2.37. The zero-order valence-electron chi connectivity index (χ0n) is 14.9. The molecule has 2 rings (SSSR count). The van der Waals surface area contributed by atoms with Gasteiger partial charge >= 0.3 is 6.18 Å². The van der Waals surface area contributed by atoms with Crippen molar-refractivity contribution in [3.05, 3.63) is 59.2 Å². The molecular formula is C19H20F3N3O2. The molecule has 0 heterocycles. The van der Waals surface area contributed by atoms with Crippen molar-refractivity contribution >= 4 is 23.2 Å². The van der Waals surface area contributed by atoms with Gasteiger partial charge in [-0.3, -0.25) is 9.59 Å². The summed E-state index contributed by atoms with van der Waals surface area (Å²) >= 11 is 0. The van der Waals surface area contributed by atoms with Gasteiger partial charge in [0.2, 0.25) is 5.91 Å². The van der Waals surface area contributed by atoms with Crippen molar-refractivity contribution in [3.8, 4) is 0 Å². The molecule has 0 aromatic heterocycles. The van der Waals surface area contributed by atoms with E-state index in [2.05, 4.69) is 10.6 Å². The summed E-state index contributed by atoms with van der Waals surface area (Å²) in [6, 6.07) is 8.68. The smallest absolute Gasteiger partial charge is 0.327 e. The van der Waals surface area contributed by atoms with Crippen molar-refractivity contribution < 1.29 is 22.8 Å². The van der Waals surface area contributed by atoms with Gasteiger partial charge in [0.25, 0.3) is 5.91 Å². The molecule has 0 aliphatic carbocycles. The van der Waals surface area contributed by atoms with E-state index in [1.165, 1.54) is 12.1 Å². The highest BCUT2D eigenvalue weighted by Crippen LogP contribution is 2.30. The van der Waals surface area contributed by atoms with Crippen LogP contribution in [0.2, 0.25) is 0 Å². The number of hydrogen-bond acceptors (Lipinski definition) is 3. The van der Waals surface area contributed by atoms with E-state index in [0.29, 0.717) is 11.4 Å². The number of hydrogen-bond donors (Lipinski definition) is 3. The second kappa shape index (κ2) is 8.22. The number of rotatable bonds is 5. The Morgan fingerprint density at radius 2 is 1.81 bits per heavy atom. The average Bonchev–Trinajstić information content (AvgIpc) is 2.56. The number of aryl methyl sites for hydroxylation is 1. The summed E-state index contributed by atoms with van der Waals surface area (Å²) in [5.74, 6) is -0.952. The first-order valence-electron chi connectivity index (χ1n) is 8.21. The Bertz CT molecular complexity index is 848. The molecule has 0 fully saturated rings. The molecule has 1 atom stereocenters. The van der Waals surface area contributed by atoms with Gasteiger partial charge in [-0.15, -0.1) is 0 Å². The standard InChI is InChI=1S/C19H20F3N3O2/c1-11-6-7-15(10-16(11)25-17(26)8-12(2)23)24-18(27)13-4-3-5-14(9-13)19(20,21)22/h3-7,9-10,12H,8,23H2,1-2H3,(H,24,27)(H,25,26). The van der Waals surface area contributed by atoms with Gasteiger partial charge in [0.15, 0.2) is 0 Å². The number of nitrogens with two attached hydrogens (primary N) is 1. The van der Waals surface area contributed by atoms with Crippen LogP contribution < -0.4 is 16.4 Å². The maximum atomic E-state index is 12.8. The van der Waals surface area contributed by atoms with Crippen LogP contribution in [0.1, 0.15) is 34.8 Å². The van der Waals surface area contributed by atoms with Crippen LogP contribution in [0.25, 0.3) is 0 Å². The van der Waals surface area contributed by atoms with Crippen molar-refractivity contribution in [2.45, 2.75) is 32.5 Å². The van der Waals surface area contributed by atoms with E-state index in [9.17, 15) is 22.8 Å². The molecule has 0 radical (unpaired) electrons. The van der Waals surface area contributed by atoms with Crippen molar-refractivity contribution in [1.29, 1.82) is 0 Å². The van der Waals surface area contributed by atoms with Crippen LogP contribution in [0.3, 0.4) is 0 Å². The molecule has 27 heavy (non-hydrogen) atoms. The maximum absolute atomic E-state index is 12.8. The van der Waals surface area contributed by atoms with Gasteiger partial charge in [-0.25, -0.2) is 0 Å². The lowest BCUT2D eigenvalue weighted by atomic mass is 10.1. The van der Waals surface area contributed by atoms with Crippen LogP contribution in [0.4, 0.5) is 24.5 Å². The van der Waals surface area contributed by atoms with Crippen molar-refractivity contribution in [2.75, 3.05) is 10.6 Å². The zero-order valence-corrected chi connectivity index (χ0v) is 14.9. The van der Waals surface area contributed by atoms with Crippen molar-refractivity contribution in [3.63, 3.8) is 0 Å². The summed E-state index contributed by atoms with van der Waals surface area (Å²) in [4.78, 5) is 24.2. The maximum Gasteiger partial charge on any atom is 0.416 e. The molecule has 0 saturated carbocycles. The van der Waals surface area contributed by atoms with Gasteiger partial charge in [0, 0.05) is 29.4 Å². The summed E-state index contributed by atoms with van der Waals surface area (Å²) in [6.45, 7) is 3.48. The molecule has 0 aliphatic heterocycles. The van der Waals surface area contributed by atoms with Crippen LogP contribution in [0.5, 0.6) is 0 Å². The number of alkyl halides is 3. The fourth-order valence-corrected chi connectivity index (χ4v) is 2.37. The number of benzene rings is 2. The molecule has 5 nitrogen and oxygen atoms in total. The number of halogens is 3. The Morgan fingerprint density at radius 1 is 1.11 bits per heavy atom. The minimum absolute atomic E-state index is 0.118. The third kappa shape index (κ3) is 5.82. The highest BCUT2D eigenvalue weighted by Gasteiger charge is 2.30. The van der Waals surface area contributed by atoms with Crippen LogP contribution in [0.15, 0.2) is 42.5 Å². The van der Waals surface area contributed by atoms with E-state index in [0.717, 1.165) is 17.7 Å². The summed E-state index contributed by atoms with van der Waals surface area (Å²) in [5.41, 5.74) is 6.18. The monoisotopic (exact) mass is 379 g/mol. The topological polar surface area (TPSA) is 84.2 Å². The van der Waals surface area contributed by atoms with Crippen molar-refractivity contribution in [1.82, 2.24) is 0 Å². The second-order valence-corrected chi connectivity index (χ2v) is 6.29. The van der Waals surface area contributed by atoms with E-state index >= 15 is 0 Å². The first-order chi connectivity index (χ1) is 12.6. The fraction of sp³-hybridized carbons (Fsp3) is 0.263. The summed E-state index contributed by atoms with van der Waals surface area (Å²) < 4.78 is 38.4. The molecule has 0 saturated heterocycles. The lowest BCUT2D eigenvalue weighted by molar-refractivity contribution is -0.137. The highest BCUT2D eigenvalue weighted by atomic mass is 19.4. The lowest BCUT2D eigenvalue weighted by Crippen LogP contribution is -2.24. The molecule has 144 valence electrons. The molecule has 4 N–H and O–H groups in total. The molecule has 2 aromatic rings. The van der Waals surface area contributed by atoms with Gasteiger partial charge < -0.3 is 16.4 Å². The number of carbonyl (C=O) groups is 2. The van der Waals surface area contributed by atoms with Gasteiger partial charge in [-0.2, -0.15) is 13.2 Å². The first-order valence-corrected chi connectivity index (χ1v) is 8.21. The Morgan fingerprint density at radius 3 is 2.44 bits per heavy atom. The molecule has 0 aliphatic rings. The number of anilines is 2. The summed E-state index contributed by atoms with van der Waals surface area (Å²) in [5, 5.41) is 5.24. The quantitative estimate of drug-likeness (QED) is 0.736. The molecule has 1 unspecified atom stereocenters. The normalized spacial score (nSPS) is 12.4. The van der Waals surface area contributed by atoms with Crippen LogP contribution in [-0.4, -0.2) is 17.9 Å². The minimum Gasteiger partial charge on any atom is -0.327 e. The van der Waals surface area contributed by atoms with Gasteiger partial charge in [-0.05, 0) is 49.7 Å². The predicted octanol–water partition coefficient (Wildman–Crippen LogP) is 3.94. The Hall–Kier alpha value is -2.87. The minimum atomic E-state index is -4.53. The SMILES string of the molecule is Cc1ccc(NC(=O)c2cccc(C(F)(F)F)c2)cc1NC(=O)CC(C)N. The van der Waals surface area contributed by atoms with E-state index in [-0.39, 0.29) is 23.9 Å². The number of carbonyl (C=O) groups excluding carboxylic acids is 2. The van der Waals surface area contributed by atoms with Gasteiger partial charge in [0.1, 0.15) is 0 Å². The van der Waals surface area contributed by atoms with Crippen molar-refractivity contribution in [2.24, 2.45) is 5.73 Å². The molecule has 0 spiro atoms. The summed E-state index contributed by atoms with van der Waals surface area (Å²) in [6.07, 6.45) is -4.39. The number of amides is 2. The third-order valence-corrected chi connectivity index (χ3v) is 3.73. The third-order valence-electron chi connectivity index (χ3n) is 3.73. The Labute approximate surface area is 154 Å². The largest absolute Gasteiger partial charge is 0.416 e. The molecule has 2 amide bonds. The van der Waals surface area contributed by atoms with Gasteiger partial charge in [0.05, 0.1) is 5.56 Å². The molecule has 2 aromatic carbocycles. The first kappa shape index (κ1) is 20.4. The number of nitrogens with one attached hydrogen (secondary N) is 2. The van der Waals surface area contributed by atoms with E-state index in [1.54, 1.807) is 32.0 Å². The molecular weight excluding hydrogens is 359 g/mol. The second-order valence-electron chi connectivity index (χ2n) is 6.29. The molecule has 0 bridgehead atoms. The average molecular weight is 379 g/mol.